The van der Waals surface area contributed by atoms with Crippen molar-refractivity contribution in [2.45, 2.75) is 18.6 Å². The van der Waals surface area contributed by atoms with Crippen molar-refractivity contribution in [2.75, 3.05) is 0 Å². The van der Waals surface area contributed by atoms with E-state index < -0.39 is 29.6 Å². The van der Waals surface area contributed by atoms with Gasteiger partial charge in [0.05, 0.1) is 5.56 Å². The van der Waals surface area contributed by atoms with Crippen LogP contribution in [0.1, 0.15) is 21.5 Å². The third-order valence-electron chi connectivity index (χ3n) is 4.65. The number of hydrogen-bond donors (Lipinski definition) is 2. The molecule has 3 rings (SSSR count). The molecular formula is C23H19F3N2O2. The third-order valence-corrected chi connectivity index (χ3v) is 4.65. The molecule has 0 aliphatic carbocycles. The first kappa shape index (κ1) is 21.1. The number of amides is 2. The minimum atomic E-state index is -4.57. The first-order chi connectivity index (χ1) is 14.3. The Hall–Kier alpha value is -3.61. The van der Waals surface area contributed by atoms with Gasteiger partial charge in [-0.1, -0.05) is 60.7 Å². The minimum Gasteiger partial charge on any atom is -0.368 e. The lowest BCUT2D eigenvalue weighted by Gasteiger charge is -2.19. The second kappa shape index (κ2) is 8.82. The van der Waals surface area contributed by atoms with Gasteiger partial charge >= 0.3 is 6.18 Å². The number of benzene rings is 3. The smallest absolute Gasteiger partial charge is 0.368 e. The van der Waals surface area contributed by atoms with Crippen LogP contribution in [0.15, 0.2) is 78.9 Å². The number of halogens is 3. The molecule has 3 aromatic carbocycles. The normalized spacial score (nSPS) is 12.2. The molecule has 0 aromatic heterocycles. The highest BCUT2D eigenvalue weighted by Crippen LogP contribution is 2.32. The summed E-state index contributed by atoms with van der Waals surface area (Å²) in [6.45, 7) is 0. The van der Waals surface area contributed by atoms with Crippen molar-refractivity contribution >= 4 is 11.8 Å². The Kier molecular flexibility index (Phi) is 6.20. The largest absolute Gasteiger partial charge is 0.416 e. The molecule has 0 spiro atoms. The molecule has 3 aromatic rings. The zero-order chi connectivity index (χ0) is 21.7. The van der Waals surface area contributed by atoms with Gasteiger partial charge in [-0.2, -0.15) is 13.2 Å². The molecule has 0 radical (unpaired) electrons. The van der Waals surface area contributed by atoms with Gasteiger partial charge < -0.3 is 11.1 Å². The van der Waals surface area contributed by atoms with Gasteiger partial charge in [0.25, 0.3) is 5.91 Å². The highest BCUT2D eigenvalue weighted by molar-refractivity contribution is 5.97. The molecule has 0 aliphatic heterocycles. The first-order valence-corrected chi connectivity index (χ1v) is 9.16. The summed E-state index contributed by atoms with van der Waals surface area (Å²) in [5, 5.41) is 2.44. The van der Waals surface area contributed by atoms with Crippen LogP contribution in [0.3, 0.4) is 0 Å². The molecule has 0 saturated heterocycles. The Bertz CT molecular complexity index is 1030. The number of nitrogens with two attached hydrogens (primary N) is 1. The molecule has 0 heterocycles. The van der Waals surface area contributed by atoms with Gasteiger partial charge in [0.2, 0.25) is 5.91 Å². The van der Waals surface area contributed by atoms with Gasteiger partial charge in [0, 0.05) is 12.0 Å². The van der Waals surface area contributed by atoms with E-state index in [1.807, 2.05) is 30.3 Å². The molecule has 154 valence electrons. The highest BCUT2D eigenvalue weighted by Gasteiger charge is 2.34. The summed E-state index contributed by atoms with van der Waals surface area (Å²) in [5.41, 5.74) is 6.50. The number of carbonyl (C=O) groups excluding carboxylic acids is 2. The van der Waals surface area contributed by atoms with Crippen molar-refractivity contribution in [3.8, 4) is 11.1 Å². The minimum absolute atomic E-state index is 0.117. The topological polar surface area (TPSA) is 72.2 Å². The molecule has 1 atom stereocenters. The molecule has 0 saturated carbocycles. The van der Waals surface area contributed by atoms with Crippen molar-refractivity contribution in [1.29, 1.82) is 0 Å². The summed E-state index contributed by atoms with van der Waals surface area (Å²) >= 11 is 0. The monoisotopic (exact) mass is 412 g/mol. The number of nitrogens with one attached hydrogen (secondary N) is 1. The maximum atomic E-state index is 13.2. The van der Waals surface area contributed by atoms with Crippen LogP contribution in [0.25, 0.3) is 11.1 Å². The van der Waals surface area contributed by atoms with E-state index in [1.54, 1.807) is 24.3 Å². The highest BCUT2D eigenvalue weighted by atomic mass is 19.4. The van der Waals surface area contributed by atoms with Crippen molar-refractivity contribution < 1.29 is 22.8 Å². The Labute approximate surface area is 171 Å². The van der Waals surface area contributed by atoms with E-state index in [2.05, 4.69) is 5.32 Å². The quantitative estimate of drug-likeness (QED) is 0.637. The van der Waals surface area contributed by atoms with Crippen LogP contribution in [0.4, 0.5) is 13.2 Å². The Balaban J connectivity index is 1.76. The fourth-order valence-corrected chi connectivity index (χ4v) is 3.10. The van der Waals surface area contributed by atoms with E-state index in [9.17, 15) is 22.8 Å². The molecule has 0 aliphatic rings. The molecule has 0 fully saturated rings. The lowest BCUT2D eigenvalue weighted by molar-refractivity contribution is -0.138. The van der Waals surface area contributed by atoms with Crippen LogP contribution in [-0.4, -0.2) is 17.9 Å². The predicted octanol–water partition coefficient (Wildman–Crippen LogP) is 4.20. The van der Waals surface area contributed by atoms with Crippen LogP contribution in [-0.2, 0) is 17.4 Å². The first-order valence-electron chi connectivity index (χ1n) is 9.16. The van der Waals surface area contributed by atoms with Crippen LogP contribution >= 0.6 is 0 Å². The van der Waals surface area contributed by atoms with E-state index in [0.717, 1.165) is 17.2 Å². The Morgan fingerprint density at radius 3 is 2.00 bits per heavy atom. The van der Waals surface area contributed by atoms with E-state index in [4.69, 9.17) is 5.73 Å². The van der Waals surface area contributed by atoms with Crippen molar-refractivity contribution in [3.63, 3.8) is 0 Å². The van der Waals surface area contributed by atoms with E-state index >= 15 is 0 Å². The van der Waals surface area contributed by atoms with Crippen LogP contribution in [0.5, 0.6) is 0 Å². The summed E-state index contributed by atoms with van der Waals surface area (Å²) in [6.07, 6.45) is -4.94. The van der Waals surface area contributed by atoms with Gasteiger partial charge in [-0.05, 0) is 34.9 Å². The molecular weight excluding hydrogens is 393 g/mol. The summed E-state index contributed by atoms with van der Waals surface area (Å²) in [4.78, 5) is 24.3. The number of hydrogen-bond acceptors (Lipinski definition) is 2. The van der Waals surface area contributed by atoms with Crippen LogP contribution in [0.2, 0.25) is 0 Å². The van der Waals surface area contributed by atoms with Gasteiger partial charge in [0.15, 0.2) is 0 Å². The summed E-state index contributed by atoms with van der Waals surface area (Å²) in [6, 6.07) is 19.8. The van der Waals surface area contributed by atoms with Gasteiger partial charge in [-0.25, -0.2) is 0 Å². The average Bonchev–Trinajstić information content (AvgIpc) is 2.73. The zero-order valence-corrected chi connectivity index (χ0v) is 15.8. The van der Waals surface area contributed by atoms with Gasteiger partial charge in [-0.3, -0.25) is 9.59 Å². The fraction of sp³-hybridized carbons (Fsp3) is 0.130. The molecule has 3 N–H and O–H groups in total. The van der Waals surface area contributed by atoms with Gasteiger partial charge in [0.1, 0.15) is 6.04 Å². The number of carbonyl (C=O) groups is 2. The van der Waals surface area contributed by atoms with Crippen molar-refractivity contribution in [3.05, 3.63) is 95.6 Å². The second-order valence-electron chi connectivity index (χ2n) is 6.73. The molecule has 0 unspecified atom stereocenters. The molecule has 2 amide bonds. The molecule has 4 nitrogen and oxygen atoms in total. The average molecular weight is 412 g/mol. The van der Waals surface area contributed by atoms with Crippen LogP contribution in [0, 0.1) is 0 Å². The second-order valence-corrected chi connectivity index (χ2v) is 6.73. The number of alkyl halides is 3. The van der Waals surface area contributed by atoms with E-state index in [-0.39, 0.29) is 17.5 Å². The lowest BCUT2D eigenvalue weighted by atomic mass is 9.99. The lowest BCUT2D eigenvalue weighted by Crippen LogP contribution is -2.46. The molecule has 0 bridgehead atoms. The Morgan fingerprint density at radius 2 is 1.40 bits per heavy atom. The van der Waals surface area contributed by atoms with E-state index in [0.29, 0.717) is 0 Å². The molecule has 7 heteroatoms. The maximum Gasteiger partial charge on any atom is 0.416 e. The predicted molar refractivity (Wildman–Crippen MR) is 107 cm³/mol. The molecule has 30 heavy (non-hydrogen) atoms. The maximum absolute atomic E-state index is 13.2. The summed E-state index contributed by atoms with van der Waals surface area (Å²) in [5.74, 6) is -1.51. The van der Waals surface area contributed by atoms with Gasteiger partial charge in [-0.15, -0.1) is 0 Å². The van der Waals surface area contributed by atoms with Crippen molar-refractivity contribution in [1.82, 2.24) is 5.32 Å². The van der Waals surface area contributed by atoms with Crippen LogP contribution < -0.4 is 11.1 Å². The summed E-state index contributed by atoms with van der Waals surface area (Å²) in [7, 11) is 0. The number of primary amides is 1. The Morgan fingerprint density at radius 1 is 0.833 bits per heavy atom. The number of rotatable bonds is 6. The fourth-order valence-electron chi connectivity index (χ4n) is 3.10. The van der Waals surface area contributed by atoms with Crippen molar-refractivity contribution in [2.24, 2.45) is 5.73 Å². The third kappa shape index (κ3) is 5.05. The SMILES string of the molecule is NC(=O)[C@@H](Cc1ccccc1C(F)(F)F)NC(=O)c1ccc(-c2ccccc2)cc1. The zero-order valence-electron chi connectivity index (χ0n) is 15.8. The standard InChI is InChI=1S/C23H19F3N2O2/c24-23(25,26)19-9-5-4-8-18(19)14-20(21(27)29)28-22(30)17-12-10-16(11-13-17)15-6-2-1-3-7-15/h1-13,20H,14H2,(H2,27,29)(H,28,30)/t20-/m1/s1. The van der Waals surface area contributed by atoms with E-state index in [1.165, 1.54) is 18.2 Å². The summed E-state index contributed by atoms with van der Waals surface area (Å²) < 4.78 is 39.6.